The maximum absolute atomic E-state index is 12.6. The van der Waals surface area contributed by atoms with E-state index in [0.29, 0.717) is 34.7 Å². The molecule has 0 bridgehead atoms. The van der Waals surface area contributed by atoms with Crippen molar-refractivity contribution in [3.8, 4) is 5.75 Å². The lowest BCUT2D eigenvalue weighted by Gasteiger charge is -2.12. The van der Waals surface area contributed by atoms with Gasteiger partial charge >= 0.3 is 0 Å². The van der Waals surface area contributed by atoms with Gasteiger partial charge in [-0.1, -0.05) is 31.9 Å². The zero-order valence-electron chi connectivity index (χ0n) is 17.3. The van der Waals surface area contributed by atoms with Gasteiger partial charge in [0.2, 0.25) is 5.91 Å². The number of rotatable bonds is 8. The van der Waals surface area contributed by atoms with Gasteiger partial charge in [0.15, 0.2) is 0 Å². The van der Waals surface area contributed by atoms with Crippen LogP contribution in [0.2, 0.25) is 0 Å². The summed E-state index contributed by atoms with van der Waals surface area (Å²) in [4.78, 5) is 38.7. The van der Waals surface area contributed by atoms with Crippen LogP contribution in [-0.2, 0) is 9.59 Å². The maximum Gasteiger partial charge on any atom is 0.256 e. The van der Waals surface area contributed by atoms with E-state index in [1.807, 2.05) is 6.07 Å². The Labute approximate surface area is 176 Å². The number of unbranched alkanes of at least 4 members (excludes halogenated alkanes) is 2. The molecule has 0 atom stereocenters. The van der Waals surface area contributed by atoms with Gasteiger partial charge in [0, 0.05) is 23.4 Å². The minimum absolute atomic E-state index is 0.104. The average molecular weight is 406 g/mol. The quantitative estimate of drug-likeness (QED) is 0.403. The maximum atomic E-state index is 12.6. The SMILES string of the molecule is CCCCCN1C(=O)C/C(=C\c2cccc(C(=O)Nc3ccc(OC)cc3)c2)C1=O. The van der Waals surface area contributed by atoms with Crippen molar-refractivity contribution in [2.75, 3.05) is 19.0 Å². The first-order valence-electron chi connectivity index (χ1n) is 10.1. The van der Waals surface area contributed by atoms with E-state index in [0.717, 1.165) is 19.3 Å². The smallest absolute Gasteiger partial charge is 0.256 e. The Bertz CT molecular complexity index is 963. The largest absolute Gasteiger partial charge is 0.497 e. The Morgan fingerprint density at radius 3 is 2.60 bits per heavy atom. The van der Waals surface area contributed by atoms with Crippen LogP contribution in [0.4, 0.5) is 5.69 Å². The van der Waals surface area contributed by atoms with Crippen molar-refractivity contribution in [3.05, 3.63) is 65.2 Å². The standard InChI is InChI=1S/C24H26N2O4/c1-3-4-5-13-26-22(27)16-19(24(26)29)15-17-7-6-8-18(14-17)23(28)25-20-9-11-21(30-2)12-10-20/h6-12,14-15H,3-5,13,16H2,1-2H3,(H,25,28)/b19-15+. The molecule has 3 amide bonds. The fraction of sp³-hybridized carbons (Fsp3) is 0.292. The van der Waals surface area contributed by atoms with Gasteiger partial charge in [0.25, 0.3) is 11.8 Å². The number of nitrogens with one attached hydrogen (secondary N) is 1. The lowest BCUT2D eigenvalue weighted by molar-refractivity contribution is -0.137. The first-order chi connectivity index (χ1) is 14.5. The summed E-state index contributed by atoms with van der Waals surface area (Å²) in [7, 11) is 1.58. The highest BCUT2D eigenvalue weighted by Crippen LogP contribution is 2.23. The Morgan fingerprint density at radius 1 is 1.13 bits per heavy atom. The Kier molecular flexibility index (Phi) is 7.01. The molecule has 1 heterocycles. The first-order valence-corrected chi connectivity index (χ1v) is 10.1. The van der Waals surface area contributed by atoms with E-state index in [2.05, 4.69) is 12.2 Å². The van der Waals surface area contributed by atoms with Crippen LogP contribution in [-0.4, -0.2) is 36.3 Å². The zero-order valence-corrected chi connectivity index (χ0v) is 17.3. The molecule has 1 aliphatic heterocycles. The molecule has 0 aliphatic carbocycles. The Morgan fingerprint density at radius 2 is 1.90 bits per heavy atom. The summed E-state index contributed by atoms with van der Waals surface area (Å²) in [5.74, 6) is 0.0662. The zero-order chi connectivity index (χ0) is 21.5. The summed E-state index contributed by atoms with van der Waals surface area (Å²) < 4.78 is 5.11. The van der Waals surface area contributed by atoms with Crippen LogP contribution < -0.4 is 10.1 Å². The van der Waals surface area contributed by atoms with Crippen LogP contribution in [0.1, 0.15) is 48.5 Å². The highest BCUT2D eigenvalue weighted by Gasteiger charge is 2.33. The topological polar surface area (TPSA) is 75.7 Å². The molecule has 0 saturated carbocycles. The Hall–Kier alpha value is -3.41. The highest BCUT2D eigenvalue weighted by atomic mass is 16.5. The number of likely N-dealkylation sites (tertiary alicyclic amines) is 1. The molecule has 156 valence electrons. The van der Waals surface area contributed by atoms with Crippen molar-refractivity contribution in [1.29, 1.82) is 0 Å². The fourth-order valence-corrected chi connectivity index (χ4v) is 3.33. The van der Waals surface area contributed by atoms with E-state index in [1.54, 1.807) is 55.7 Å². The van der Waals surface area contributed by atoms with Crippen molar-refractivity contribution < 1.29 is 19.1 Å². The summed E-state index contributed by atoms with van der Waals surface area (Å²) in [6.07, 6.45) is 4.64. The van der Waals surface area contributed by atoms with Gasteiger partial charge in [-0.25, -0.2) is 0 Å². The fourth-order valence-electron chi connectivity index (χ4n) is 3.33. The number of hydrogen-bond acceptors (Lipinski definition) is 4. The summed E-state index contributed by atoms with van der Waals surface area (Å²) >= 11 is 0. The predicted octanol–water partition coefficient (Wildman–Crippen LogP) is 4.28. The molecule has 2 aromatic carbocycles. The summed E-state index contributed by atoms with van der Waals surface area (Å²) in [6.45, 7) is 2.55. The molecule has 1 aliphatic rings. The third-order valence-corrected chi connectivity index (χ3v) is 4.99. The van der Waals surface area contributed by atoms with Crippen LogP contribution >= 0.6 is 0 Å². The number of imide groups is 1. The Balaban J connectivity index is 1.70. The van der Waals surface area contributed by atoms with Gasteiger partial charge in [-0.15, -0.1) is 0 Å². The summed E-state index contributed by atoms with van der Waals surface area (Å²) in [5, 5.41) is 2.84. The van der Waals surface area contributed by atoms with Crippen molar-refractivity contribution in [3.63, 3.8) is 0 Å². The third kappa shape index (κ3) is 5.14. The molecule has 6 heteroatoms. The van der Waals surface area contributed by atoms with Crippen LogP contribution in [0.5, 0.6) is 5.75 Å². The van der Waals surface area contributed by atoms with Crippen molar-refractivity contribution in [2.45, 2.75) is 32.6 Å². The number of carbonyl (C=O) groups is 3. The molecule has 0 spiro atoms. The van der Waals surface area contributed by atoms with E-state index < -0.39 is 0 Å². The lowest BCUT2D eigenvalue weighted by Crippen LogP contribution is -2.30. The lowest BCUT2D eigenvalue weighted by atomic mass is 10.1. The third-order valence-electron chi connectivity index (χ3n) is 4.99. The van der Waals surface area contributed by atoms with Gasteiger partial charge in [-0.3, -0.25) is 19.3 Å². The second-order valence-electron chi connectivity index (χ2n) is 7.21. The molecule has 0 unspecified atom stereocenters. The molecule has 2 aromatic rings. The second-order valence-corrected chi connectivity index (χ2v) is 7.21. The summed E-state index contributed by atoms with van der Waals surface area (Å²) in [5.41, 5.74) is 2.30. The molecule has 6 nitrogen and oxygen atoms in total. The monoisotopic (exact) mass is 406 g/mol. The highest BCUT2D eigenvalue weighted by molar-refractivity contribution is 6.15. The van der Waals surface area contributed by atoms with Gasteiger partial charge in [-0.2, -0.15) is 0 Å². The van der Waals surface area contributed by atoms with E-state index in [9.17, 15) is 14.4 Å². The molecule has 1 N–H and O–H groups in total. The number of hydrogen-bond donors (Lipinski definition) is 1. The number of nitrogens with zero attached hydrogens (tertiary/aromatic N) is 1. The average Bonchev–Trinajstić information content (AvgIpc) is 3.02. The molecular weight excluding hydrogens is 380 g/mol. The van der Waals surface area contributed by atoms with Crippen molar-refractivity contribution in [1.82, 2.24) is 4.90 Å². The number of methoxy groups -OCH3 is 1. The van der Waals surface area contributed by atoms with E-state index in [1.165, 1.54) is 4.90 Å². The van der Waals surface area contributed by atoms with Crippen LogP contribution in [0.25, 0.3) is 6.08 Å². The van der Waals surface area contributed by atoms with E-state index in [4.69, 9.17) is 4.74 Å². The normalized spacial score (nSPS) is 15.0. The molecule has 3 rings (SSSR count). The van der Waals surface area contributed by atoms with Gasteiger partial charge in [0.05, 0.1) is 13.5 Å². The molecular formula is C24H26N2O4. The minimum Gasteiger partial charge on any atom is -0.497 e. The number of ether oxygens (including phenoxy) is 1. The number of benzene rings is 2. The number of amides is 3. The predicted molar refractivity (Wildman–Crippen MR) is 116 cm³/mol. The van der Waals surface area contributed by atoms with Crippen molar-refractivity contribution >= 4 is 29.5 Å². The molecule has 30 heavy (non-hydrogen) atoms. The minimum atomic E-state index is -0.254. The molecule has 1 fully saturated rings. The van der Waals surface area contributed by atoms with Gasteiger partial charge in [-0.05, 0) is 54.5 Å². The van der Waals surface area contributed by atoms with Crippen LogP contribution in [0.3, 0.4) is 0 Å². The number of carbonyl (C=O) groups excluding carboxylic acids is 3. The molecule has 0 aromatic heterocycles. The van der Waals surface area contributed by atoms with Gasteiger partial charge < -0.3 is 10.1 Å². The molecule has 0 radical (unpaired) electrons. The number of anilines is 1. The first kappa shape index (κ1) is 21.3. The van der Waals surface area contributed by atoms with E-state index >= 15 is 0 Å². The van der Waals surface area contributed by atoms with Gasteiger partial charge in [0.1, 0.15) is 5.75 Å². The van der Waals surface area contributed by atoms with Crippen LogP contribution in [0.15, 0.2) is 54.1 Å². The molecule has 1 saturated heterocycles. The van der Waals surface area contributed by atoms with Crippen molar-refractivity contribution in [2.24, 2.45) is 0 Å². The van der Waals surface area contributed by atoms with E-state index in [-0.39, 0.29) is 24.1 Å². The second kappa shape index (κ2) is 9.87. The van der Waals surface area contributed by atoms with Crippen LogP contribution in [0, 0.1) is 0 Å². The summed E-state index contributed by atoms with van der Waals surface area (Å²) in [6, 6.07) is 14.1.